The molecule has 1 atom stereocenters. The van der Waals surface area contributed by atoms with Crippen LogP contribution in [0.1, 0.15) is 29.0 Å². The average Bonchev–Trinajstić information content (AvgIpc) is 3.03. The van der Waals surface area contributed by atoms with Crippen LogP contribution in [0.4, 0.5) is 4.39 Å². The molecule has 1 aromatic heterocycles. The molecule has 4 heteroatoms. The Labute approximate surface area is 128 Å². The maximum absolute atomic E-state index is 13.1. The van der Waals surface area contributed by atoms with E-state index in [9.17, 15) is 9.18 Å². The number of halogens is 1. The first-order valence-electron chi connectivity index (χ1n) is 7.02. The number of carbonyl (C=O) groups is 1. The molecule has 0 unspecified atom stereocenters. The predicted molar refractivity (Wildman–Crippen MR) is 83.3 cm³/mol. The van der Waals surface area contributed by atoms with Crippen LogP contribution in [0.25, 0.3) is 11.1 Å². The summed E-state index contributed by atoms with van der Waals surface area (Å²) in [5, 5.41) is 0. The lowest BCUT2D eigenvalue weighted by Crippen LogP contribution is -2.10. The molecule has 3 rings (SSSR count). The highest BCUT2D eigenvalue weighted by molar-refractivity contribution is 5.72. The predicted octanol–water partition coefficient (Wildman–Crippen LogP) is 4.11. The minimum absolute atomic E-state index is 0.0519. The summed E-state index contributed by atoms with van der Waals surface area (Å²) < 4.78 is 15.0. The van der Waals surface area contributed by atoms with Gasteiger partial charge in [-0.15, -0.1) is 0 Å². The monoisotopic (exact) mass is 294 g/mol. The Kier molecular flexibility index (Phi) is 3.83. The average molecular weight is 294 g/mol. The first-order valence-corrected chi connectivity index (χ1v) is 7.02. The van der Waals surface area contributed by atoms with Crippen LogP contribution < -0.4 is 0 Å². The smallest absolute Gasteiger partial charge is 0.168 e. The second-order valence-electron chi connectivity index (χ2n) is 5.11. The summed E-state index contributed by atoms with van der Waals surface area (Å²) in [6.07, 6.45) is 3.99. The van der Waals surface area contributed by atoms with Gasteiger partial charge >= 0.3 is 0 Å². The molecule has 0 aliphatic rings. The third kappa shape index (κ3) is 2.55. The summed E-state index contributed by atoms with van der Waals surface area (Å²) in [4.78, 5) is 15.1. The zero-order valence-corrected chi connectivity index (χ0v) is 12.1. The van der Waals surface area contributed by atoms with E-state index in [0.29, 0.717) is 5.69 Å². The third-order valence-electron chi connectivity index (χ3n) is 3.80. The van der Waals surface area contributed by atoms with Crippen molar-refractivity contribution in [3.05, 3.63) is 78.1 Å². The number of aldehydes is 1. The molecule has 3 aromatic rings. The van der Waals surface area contributed by atoms with Gasteiger partial charge in [-0.2, -0.15) is 0 Å². The van der Waals surface area contributed by atoms with Gasteiger partial charge < -0.3 is 4.57 Å². The fourth-order valence-corrected chi connectivity index (χ4v) is 2.63. The Morgan fingerprint density at radius 1 is 1.14 bits per heavy atom. The lowest BCUT2D eigenvalue weighted by atomic mass is 9.95. The molecule has 22 heavy (non-hydrogen) atoms. The zero-order valence-electron chi connectivity index (χ0n) is 12.1. The van der Waals surface area contributed by atoms with Crippen molar-refractivity contribution in [2.45, 2.75) is 13.0 Å². The summed E-state index contributed by atoms with van der Waals surface area (Å²) in [7, 11) is 0. The van der Waals surface area contributed by atoms with Crippen LogP contribution in [0.15, 0.2) is 61.1 Å². The van der Waals surface area contributed by atoms with Crippen molar-refractivity contribution in [2.75, 3.05) is 0 Å². The van der Waals surface area contributed by atoms with Gasteiger partial charge in [-0.3, -0.25) is 4.79 Å². The molecule has 0 N–H and O–H groups in total. The molecule has 0 saturated heterocycles. The second-order valence-corrected chi connectivity index (χ2v) is 5.11. The molecule has 2 aromatic carbocycles. The molecule has 0 fully saturated rings. The quantitative estimate of drug-likeness (QED) is 0.679. The van der Waals surface area contributed by atoms with Crippen LogP contribution in [0.3, 0.4) is 0 Å². The van der Waals surface area contributed by atoms with Gasteiger partial charge in [0, 0.05) is 0 Å². The Balaban J connectivity index is 2.08. The van der Waals surface area contributed by atoms with Crippen molar-refractivity contribution in [3.63, 3.8) is 0 Å². The van der Waals surface area contributed by atoms with Gasteiger partial charge in [-0.05, 0) is 35.7 Å². The number of hydrogen-bond acceptors (Lipinski definition) is 2. The minimum Gasteiger partial charge on any atom is -0.321 e. The van der Waals surface area contributed by atoms with Crippen LogP contribution in [-0.2, 0) is 0 Å². The van der Waals surface area contributed by atoms with E-state index in [1.54, 1.807) is 24.7 Å². The minimum atomic E-state index is -0.257. The topological polar surface area (TPSA) is 34.9 Å². The van der Waals surface area contributed by atoms with Crippen molar-refractivity contribution in [3.8, 4) is 11.1 Å². The van der Waals surface area contributed by atoms with E-state index in [0.717, 1.165) is 23.0 Å². The summed E-state index contributed by atoms with van der Waals surface area (Å²) in [6.45, 7) is 2.01. The molecular weight excluding hydrogens is 279 g/mol. The second kappa shape index (κ2) is 5.93. The lowest BCUT2D eigenvalue weighted by molar-refractivity contribution is 0.111. The summed E-state index contributed by atoms with van der Waals surface area (Å²) in [5.41, 5.74) is 3.54. The standard InChI is InChI=1S/C18H15FN2O/c1-13(21-12-20-10-16(21)11-22)17-4-2-3-5-18(17)14-6-8-15(19)9-7-14/h2-13H,1H3/t13-/m1/s1. The number of hydrogen-bond donors (Lipinski definition) is 0. The van der Waals surface area contributed by atoms with E-state index in [-0.39, 0.29) is 11.9 Å². The molecule has 0 radical (unpaired) electrons. The Hall–Kier alpha value is -2.75. The Bertz CT molecular complexity index is 793. The van der Waals surface area contributed by atoms with Crippen molar-refractivity contribution in [1.29, 1.82) is 0 Å². The highest BCUT2D eigenvalue weighted by atomic mass is 19.1. The van der Waals surface area contributed by atoms with E-state index in [4.69, 9.17) is 0 Å². The number of benzene rings is 2. The first kappa shape index (κ1) is 14.2. The highest BCUT2D eigenvalue weighted by Gasteiger charge is 2.15. The van der Waals surface area contributed by atoms with Gasteiger partial charge in [-0.1, -0.05) is 36.4 Å². The molecule has 0 bridgehead atoms. The highest BCUT2D eigenvalue weighted by Crippen LogP contribution is 2.30. The summed E-state index contributed by atoms with van der Waals surface area (Å²) >= 11 is 0. The number of rotatable bonds is 4. The van der Waals surface area contributed by atoms with Crippen molar-refractivity contribution in [1.82, 2.24) is 9.55 Å². The van der Waals surface area contributed by atoms with Crippen LogP contribution >= 0.6 is 0 Å². The number of aromatic nitrogens is 2. The fourth-order valence-electron chi connectivity index (χ4n) is 2.63. The van der Waals surface area contributed by atoms with E-state index in [1.807, 2.05) is 35.8 Å². The van der Waals surface area contributed by atoms with Crippen molar-refractivity contribution < 1.29 is 9.18 Å². The van der Waals surface area contributed by atoms with Crippen molar-refractivity contribution in [2.24, 2.45) is 0 Å². The SMILES string of the molecule is C[C@H](c1ccccc1-c1ccc(F)cc1)n1cncc1C=O. The third-order valence-corrected chi connectivity index (χ3v) is 3.80. The molecule has 0 saturated carbocycles. The van der Waals surface area contributed by atoms with E-state index >= 15 is 0 Å². The molecule has 0 amide bonds. The fraction of sp³-hybridized carbons (Fsp3) is 0.111. The van der Waals surface area contributed by atoms with Crippen LogP contribution in [0.5, 0.6) is 0 Å². The molecule has 3 nitrogen and oxygen atoms in total. The van der Waals surface area contributed by atoms with Crippen LogP contribution in [-0.4, -0.2) is 15.8 Å². The summed E-state index contributed by atoms with van der Waals surface area (Å²) in [5.74, 6) is -0.257. The van der Waals surface area contributed by atoms with Gasteiger partial charge in [0.05, 0.1) is 18.6 Å². The number of imidazole rings is 1. The maximum atomic E-state index is 13.1. The van der Waals surface area contributed by atoms with Gasteiger partial charge in [0.25, 0.3) is 0 Å². The maximum Gasteiger partial charge on any atom is 0.168 e. The van der Waals surface area contributed by atoms with Gasteiger partial charge in [0.15, 0.2) is 6.29 Å². The van der Waals surface area contributed by atoms with E-state index in [1.165, 1.54) is 12.1 Å². The van der Waals surface area contributed by atoms with Gasteiger partial charge in [-0.25, -0.2) is 9.37 Å². The molecule has 110 valence electrons. The number of nitrogens with zero attached hydrogens (tertiary/aromatic N) is 2. The van der Waals surface area contributed by atoms with Crippen LogP contribution in [0.2, 0.25) is 0 Å². The van der Waals surface area contributed by atoms with Gasteiger partial charge in [0.2, 0.25) is 0 Å². The molecule has 0 aliphatic heterocycles. The largest absolute Gasteiger partial charge is 0.321 e. The van der Waals surface area contributed by atoms with E-state index in [2.05, 4.69) is 4.98 Å². The zero-order chi connectivity index (χ0) is 15.5. The summed E-state index contributed by atoms with van der Waals surface area (Å²) in [6, 6.07) is 14.3. The Morgan fingerprint density at radius 2 is 1.86 bits per heavy atom. The van der Waals surface area contributed by atoms with Crippen LogP contribution in [0, 0.1) is 5.82 Å². The first-order chi connectivity index (χ1) is 10.7. The normalized spacial score (nSPS) is 12.1. The Morgan fingerprint density at radius 3 is 2.59 bits per heavy atom. The van der Waals surface area contributed by atoms with Gasteiger partial charge in [0.1, 0.15) is 11.5 Å². The molecule has 1 heterocycles. The molecule has 0 spiro atoms. The molecular formula is C18H15FN2O. The number of carbonyl (C=O) groups excluding carboxylic acids is 1. The molecule has 0 aliphatic carbocycles. The van der Waals surface area contributed by atoms with Crippen molar-refractivity contribution >= 4 is 6.29 Å². The van der Waals surface area contributed by atoms with E-state index < -0.39 is 0 Å². The lowest BCUT2D eigenvalue weighted by Gasteiger charge is -2.19.